The molecule has 0 atom stereocenters. The van der Waals surface area contributed by atoms with Gasteiger partial charge in [-0.05, 0) is 11.6 Å². The van der Waals surface area contributed by atoms with Crippen LogP contribution in [-0.4, -0.2) is 14.9 Å². The van der Waals surface area contributed by atoms with Crippen molar-refractivity contribution in [2.45, 2.75) is 0 Å². The number of hydrogen-bond acceptors (Lipinski definition) is 3. The Kier molecular flexibility index (Phi) is 0.887. The predicted octanol–water partition coefficient (Wildman–Crippen LogP) is 0.965. The molecule has 2 heterocycles. The van der Waals surface area contributed by atoms with Gasteiger partial charge in [0.05, 0.1) is 11.5 Å². The van der Waals surface area contributed by atoms with E-state index in [0.717, 1.165) is 5.56 Å². The first-order valence-corrected chi connectivity index (χ1v) is 2.83. The molecule has 4 heteroatoms. The fourth-order valence-electron chi connectivity index (χ4n) is 0.801. The molecule has 0 radical (unpaired) electrons. The van der Waals surface area contributed by atoms with Crippen molar-refractivity contribution < 1.29 is 4.63 Å². The highest BCUT2D eigenvalue weighted by Crippen LogP contribution is 2.06. The summed E-state index contributed by atoms with van der Waals surface area (Å²) in [5.41, 5.74) is 1.68. The minimum atomic E-state index is 0.704. The largest absolute Gasteiger partial charge is 0.241 e. The van der Waals surface area contributed by atoms with E-state index < -0.39 is 0 Å². The summed E-state index contributed by atoms with van der Waals surface area (Å²) in [4.78, 5) is 0. The van der Waals surface area contributed by atoms with Crippen LogP contribution in [0.4, 0.5) is 0 Å². The van der Waals surface area contributed by atoms with Crippen LogP contribution in [-0.2, 0) is 0 Å². The predicted molar refractivity (Wildman–Crippen MR) is 35.3 cm³/mol. The standard InChI is InChI=1S/C6H5N3O/c1-2-5-3-6-7-8-10-9(6)4-5/h2-4H,1H2. The van der Waals surface area contributed by atoms with E-state index in [9.17, 15) is 0 Å². The van der Waals surface area contributed by atoms with Crippen LogP contribution in [0.3, 0.4) is 0 Å². The lowest BCUT2D eigenvalue weighted by Gasteiger charge is -1.73. The van der Waals surface area contributed by atoms with Gasteiger partial charge in [0.2, 0.25) is 0 Å². The van der Waals surface area contributed by atoms with Gasteiger partial charge in [-0.15, -0.1) is 4.57 Å². The molecule has 0 aliphatic carbocycles. The van der Waals surface area contributed by atoms with Crippen molar-refractivity contribution >= 4 is 11.7 Å². The third-order valence-electron chi connectivity index (χ3n) is 1.29. The van der Waals surface area contributed by atoms with E-state index in [2.05, 4.69) is 16.9 Å². The normalized spacial score (nSPS) is 10.4. The minimum absolute atomic E-state index is 0.704. The molecular weight excluding hydrogens is 130 g/mol. The highest BCUT2D eigenvalue weighted by atomic mass is 16.6. The Balaban J connectivity index is 2.78. The number of hydrogen-bond donors (Lipinski definition) is 0. The van der Waals surface area contributed by atoms with Gasteiger partial charge in [-0.3, -0.25) is 0 Å². The Morgan fingerprint density at radius 3 is 3.30 bits per heavy atom. The van der Waals surface area contributed by atoms with E-state index >= 15 is 0 Å². The molecule has 2 rings (SSSR count). The molecular formula is C6H5N3O. The van der Waals surface area contributed by atoms with Crippen LogP contribution in [0.25, 0.3) is 11.7 Å². The second-order valence-electron chi connectivity index (χ2n) is 1.92. The zero-order chi connectivity index (χ0) is 6.97. The van der Waals surface area contributed by atoms with Gasteiger partial charge in [-0.2, -0.15) is 0 Å². The third kappa shape index (κ3) is 0.556. The van der Waals surface area contributed by atoms with E-state index in [-0.39, 0.29) is 0 Å². The van der Waals surface area contributed by atoms with Crippen LogP contribution in [0, 0.1) is 0 Å². The van der Waals surface area contributed by atoms with E-state index in [4.69, 9.17) is 4.63 Å². The van der Waals surface area contributed by atoms with Crippen molar-refractivity contribution in [1.82, 2.24) is 14.9 Å². The number of nitrogens with zero attached hydrogens (tertiary/aromatic N) is 3. The first kappa shape index (κ1) is 5.22. The van der Waals surface area contributed by atoms with Crippen LogP contribution in [0.15, 0.2) is 23.5 Å². The molecule has 0 saturated carbocycles. The molecule has 0 bridgehead atoms. The maximum absolute atomic E-state index is 4.71. The van der Waals surface area contributed by atoms with Gasteiger partial charge in [0.25, 0.3) is 0 Å². The zero-order valence-corrected chi connectivity index (χ0v) is 5.19. The second kappa shape index (κ2) is 1.70. The molecule has 4 nitrogen and oxygen atoms in total. The minimum Gasteiger partial charge on any atom is -0.241 e. The highest BCUT2D eigenvalue weighted by molar-refractivity contribution is 5.54. The second-order valence-corrected chi connectivity index (χ2v) is 1.92. The maximum Gasteiger partial charge on any atom is 0.197 e. The molecule has 0 unspecified atom stereocenters. The van der Waals surface area contributed by atoms with E-state index in [0.29, 0.717) is 5.65 Å². The monoisotopic (exact) mass is 135 g/mol. The quantitative estimate of drug-likeness (QED) is 0.585. The summed E-state index contributed by atoms with van der Waals surface area (Å²) < 4.78 is 6.19. The lowest BCUT2D eigenvalue weighted by Crippen LogP contribution is -1.68. The zero-order valence-electron chi connectivity index (χ0n) is 5.19. The summed E-state index contributed by atoms with van der Waals surface area (Å²) in [6.45, 7) is 3.60. The van der Waals surface area contributed by atoms with Crippen LogP contribution >= 0.6 is 0 Å². The van der Waals surface area contributed by atoms with Crippen molar-refractivity contribution in [2.75, 3.05) is 0 Å². The summed E-state index contributed by atoms with van der Waals surface area (Å²) in [5, 5.41) is 7.03. The molecule has 0 aliphatic heterocycles. The average Bonchev–Trinajstić information content (AvgIpc) is 2.42. The van der Waals surface area contributed by atoms with Crippen molar-refractivity contribution in [3.05, 3.63) is 24.4 Å². The lowest BCUT2D eigenvalue weighted by atomic mass is 10.3. The highest BCUT2D eigenvalue weighted by Gasteiger charge is 1.98. The molecule has 0 spiro atoms. The number of aromatic nitrogens is 3. The van der Waals surface area contributed by atoms with Gasteiger partial charge < -0.3 is 0 Å². The topological polar surface area (TPSA) is 43.3 Å². The summed E-state index contributed by atoms with van der Waals surface area (Å²) in [7, 11) is 0. The SMILES string of the molecule is C=Cc1cc2nnon2c1. The smallest absolute Gasteiger partial charge is 0.197 e. The Morgan fingerprint density at radius 2 is 2.60 bits per heavy atom. The molecule has 2 aromatic rings. The number of fused-ring (bicyclic) bond motifs is 1. The first-order valence-electron chi connectivity index (χ1n) is 2.83. The van der Waals surface area contributed by atoms with Gasteiger partial charge in [0.1, 0.15) is 0 Å². The first-order chi connectivity index (χ1) is 4.90. The van der Waals surface area contributed by atoms with E-state index in [1.54, 1.807) is 12.3 Å². The number of rotatable bonds is 1. The van der Waals surface area contributed by atoms with Gasteiger partial charge in [0.15, 0.2) is 5.65 Å². The summed E-state index contributed by atoms with van der Waals surface area (Å²) in [6, 6.07) is 1.84. The van der Waals surface area contributed by atoms with Gasteiger partial charge in [-0.25, -0.2) is 4.63 Å². The average molecular weight is 135 g/mol. The Labute approximate surface area is 56.7 Å². The van der Waals surface area contributed by atoms with Crippen molar-refractivity contribution in [1.29, 1.82) is 0 Å². The molecule has 10 heavy (non-hydrogen) atoms. The maximum atomic E-state index is 4.71. The Hall–Kier alpha value is -1.58. The molecule has 0 aliphatic rings. The van der Waals surface area contributed by atoms with E-state index in [1.807, 2.05) is 6.07 Å². The van der Waals surface area contributed by atoms with Gasteiger partial charge >= 0.3 is 0 Å². The van der Waals surface area contributed by atoms with Crippen LogP contribution < -0.4 is 0 Å². The fraction of sp³-hybridized carbons (Fsp3) is 0. The van der Waals surface area contributed by atoms with Crippen molar-refractivity contribution in [3.63, 3.8) is 0 Å². The van der Waals surface area contributed by atoms with Crippen LogP contribution in [0.2, 0.25) is 0 Å². The Bertz CT molecular complexity index is 331. The molecule has 0 saturated heterocycles. The Morgan fingerprint density at radius 1 is 1.70 bits per heavy atom. The third-order valence-corrected chi connectivity index (χ3v) is 1.29. The molecule has 2 aromatic heterocycles. The van der Waals surface area contributed by atoms with E-state index in [1.165, 1.54) is 4.57 Å². The molecule has 0 fully saturated rings. The molecule has 0 amide bonds. The fourth-order valence-corrected chi connectivity index (χ4v) is 0.801. The van der Waals surface area contributed by atoms with Crippen LogP contribution in [0.1, 0.15) is 5.56 Å². The van der Waals surface area contributed by atoms with Gasteiger partial charge in [0, 0.05) is 0 Å². The summed E-state index contributed by atoms with van der Waals surface area (Å²) in [6.07, 6.45) is 3.49. The molecule has 0 aromatic carbocycles. The lowest BCUT2D eigenvalue weighted by molar-refractivity contribution is 0.260. The summed E-state index contributed by atoms with van der Waals surface area (Å²) in [5.74, 6) is 0. The summed E-state index contributed by atoms with van der Waals surface area (Å²) >= 11 is 0. The van der Waals surface area contributed by atoms with Crippen LogP contribution in [0.5, 0.6) is 0 Å². The molecule has 0 N–H and O–H groups in total. The van der Waals surface area contributed by atoms with Gasteiger partial charge in [-0.1, -0.05) is 17.8 Å². The van der Waals surface area contributed by atoms with Crippen molar-refractivity contribution in [2.24, 2.45) is 0 Å². The van der Waals surface area contributed by atoms with Crippen molar-refractivity contribution in [3.8, 4) is 0 Å². The molecule has 50 valence electrons.